The third kappa shape index (κ3) is 3.92. The third-order valence-electron chi connectivity index (χ3n) is 3.73. The second kappa shape index (κ2) is 7.84. The number of aromatic nitrogens is 2. The number of hydrogen-bond donors (Lipinski definition) is 1. The lowest BCUT2D eigenvalue weighted by Gasteiger charge is -2.14. The molecule has 0 aliphatic carbocycles. The molecule has 0 spiro atoms. The summed E-state index contributed by atoms with van der Waals surface area (Å²) in [5, 5.41) is 0.0455. The Labute approximate surface area is 154 Å². The number of nitrogen functional groups attached to an aromatic ring is 1. The third-order valence-corrected chi connectivity index (χ3v) is 3.99. The van der Waals surface area contributed by atoms with Crippen molar-refractivity contribution in [2.45, 2.75) is 13.2 Å². The van der Waals surface area contributed by atoms with Crippen molar-refractivity contribution in [2.24, 2.45) is 0 Å². The van der Waals surface area contributed by atoms with E-state index in [0.717, 1.165) is 5.56 Å². The Kier molecular flexibility index (Phi) is 5.34. The maximum Gasteiger partial charge on any atom is 0.326 e. The second-order valence-corrected chi connectivity index (χ2v) is 5.90. The topological polar surface area (TPSA) is 87.2 Å². The van der Waals surface area contributed by atoms with Gasteiger partial charge in [-0.05, 0) is 5.56 Å². The molecule has 0 radical (unpaired) electrons. The standard InChI is InChI=1S/C19H16ClN3O3/c20-17-16(14-9-5-2-6-10-14)23(19(25)18(21)22-17)11-15(24)26-12-13-7-3-1-4-8-13/h1-10H,11-12H2,(H2,21,22). The number of benzene rings is 2. The summed E-state index contributed by atoms with van der Waals surface area (Å²) in [6.45, 7) is -0.203. The van der Waals surface area contributed by atoms with Gasteiger partial charge in [0.15, 0.2) is 11.0 Å². The highest BCUT2D eigenvalue weighted by atomic mass is 35.5. The smallest absolute Gasteiger partial charge is 0.326 e. The molecular weight excluding hydrogens is 354 g/mol. The fourth-order valence-corrected chi connectivity index (χ4v) is 2.79. The van der Waals surface area contributed by atoms with Gasteiger partial charge in [-0.1, -0.05) is 72.3 Å². The zero-order valence-corrected chi connectivity index (χ0v) is 14.5. The molecule has 0 unspecified atom stereocenters. The highest BCUT2D eigenvalue weighted by Gasteiger charge is 2.18. The van der Waals surface area contributed by atoms with Crippen LogP contribution in [0.5, 0.6) is 0 Å². The molecule has 0 aliphatic heterocycles. The van der Waals surface area contributed by atoms with Crippen LogP contribution in [-0.4, -0.2) is 15.5 Å². The van der Waals surface area contributed by atoms with Crippen LogP contribution < -0.4 is 11.3 Å². The molecule has 3 rings (SSSR count). The quantitative estimate of drug-likeness (QED) is 0.699. The maximum absolute atomic E-state index is 12.4. The predicted molar refractivity (Wildman–Crippen MR) is 99.6 cm³/mol. The Balaban J connectivity index is 1.89. The molecule has 0 fully saturated rings. The van der Waals surface area contributed by atoms with E-state index in [1.54, 1.807) is 24.3 Å². The maximum atomic E-state index is 12.4. The lowest BCUT2D eigenvalue weighted by atomic mass is 10.1. The Hall–Kier alpha value is -3.12. The summed E-state index contributed by atoms with van der Waals surface area (Å²) in [6, 6.07) is 18.2. The monoisotopic (exact) mass is 369 g/mol. The number of halogens is 1. The van der Waals surface area contributed by atoms with Gasteiger partial charge >= 0.3 is 5.97 Å². The van der Waals surface area contributed by atoms with E-state index in [4.69, 9.17) is 22.1 Å². The van der Waals surface area contributed by atoms with Crippen LogP contribution in [0.1, 0.15) is 5.56 Å². The normalized spacial score (nSPS) is 10.5. The molecule has 0 aliphatic rings. The number of rotatable bonds is 5. The van der Waals surface area contributed by atoms with Crippen LogP contribution in [0.15, 0.2) is 65.5 Å². The Bertz CT molecular complexity index is 973. The molecule has 3 aromatic rings. The van der Waals surface area contributed by atoms with Gasteiger partial charge in [0.05, 0.1) is 5.69 Å². The molecule has 0 amide bonds. The average Bonchev–Trinajstić information content (AvgIpc) is 2.66. The summed E-state index contributed by atoms with van der Waals surface area (Å²) in [5.41, 5.74) is 6.86. The van der Waals surface area contributed by atoms with Crippen LogP contribution in [0.25, 0.3) is 11.3 Å². The predicted octanol–water partition coefficient (Wildman–Crippen LogP) is 2.89. The van der Waals surface area contributed by atoms with Gasteiger partial charge < -0.3 is 10.5 Å². The number of nitrogens with two attached hydrogens (primary N) is 1. The molecule has 2 aromatic carbocycles. The van der Waals surface area contributed by atoms with E-state index in [1.165, 1.54) is 4.57 Å². The average molecular weight is 370 g/mol. The summed E-state index contributed by atoms with van der Waals surface area (Å²) >= 11 is 6.19. The first kappa shape index (κ1) is 17.7. The lowest BCUT2D eigenvalue weighted by Crippen LogP contribution is -2.30. The van der Waals surface area contributed by atoms with Crippen LogP contribution in [-0.2, 0) is 22.7 Å². The molecule has 1 heterocycles. The van der Waals surface area contributed by atoms with Crippen molar-refractivity contribution in [3.05, 3.63) is 81.7 Å². The van der Waals surface area contributed by atoms with Crippen LogP contribution in [0.3, 0.4) is 0 Å². The highest BCUT2D eigenvalue weighted by molar-refractivity contribution is 6.32. The van der Waals surface area contributed by atoms with Gasteiger partial charge in [-0.25, -0.2) is 4.98 Å². The summed E-state index contributed by atoms with van der Waals surface area (Å²) in [7, 11) is 0. The van der Waals surface area contributed by atoms with E-state index in [1.807, 2.05) is 36.4 Å². The number of nitrogens with zero attached hydrogens (tertiary/aromatic N) is 2. The highest BCUT2D eigenvalue weighted by Crippen LogP contribution is 2.25. The minimum Gasteiger partial charge on any atom is -0.459 e. The van der Waals surface area contributed by atoms with E-state index in [0.29, 0.717) is 11.3 Å². The molecule has 0 atom stereocenters. The second-order valence-electron chi connectivity index (χ2n) is 5.54. The fraction of sp³-hybridized carbons (Fsp3) is 0.105. The van der Waals surface area contributed by atoms with Gasteiger partial charge in [-0.2, -0.15) is 0 Å². The van der Waals surface area contributed by atoms with Gasteiger partial charge in [0, 0.05) is 5.56 Å². The van der Waals surface area contributed by atoms with E-state index in [9.17, 15) is 9.59 Å². The van der Waals surface area contributed by atoms with Crippen LogP contribution >= 0.6 is 11.6 Å². The minimum absolute atomic E-state index is 0.0455. The summed E-state index contributed by atoms with van der Waals surface area (Å²) < 4.78 is 6.44. The molecule has 2 N–H and O–H groups in total. The van der Waals surface area contributed by atoms with Crippen molar-refractivity contribution in [3.63, 3.8) is 0 Å². The van der Waals surface area contributed by atoms with E-state index >= 15 is 0 Å². The molecule has 6 nitrogen and oxygen atoms in total. The SMILES string of the molecule is Nc1nc(Cl)c(-c2ccccc2)n(CC(=O)OCc2ccccc2)c1=O. The molecule has 132 valence electrons. The lowest BCUT2D eigenvalue weighted by molar-refractivity contribution is -0.145. The van der Waals surface area contributed by atoms with Crippen LogP contribution in [0.4, 0.5) is 5.82 Å². The molecular formula is C19H16ClN3O3. The van der Waals surface area contributed by atoms with Crippen LogP contribution in [0.2, 0.25) is 5.15 Å². The fourth-order valence-electron chi connectivity index (χ4n) is 2.49. The molecule has 26 heavy (non-hydrogen) atoms. The van der Waals surface area contributed by atoms with Crippen LogP contribution in [0, 0.1) is 0 Å². The Morgan fingerprint density at radius 2 is 1.69 bits per heavy atom. The van der Waals surface area contributed by atoms with Gasteiger partial charge in [-0.3, -0.25) is 14.2 Å². The van der Waals surface area contributed by atoms with Crippen molar-refractivity contribution < 1.29 is 9.53 Å². The summed E-state index contributed by atoms with van der Waals surface area (Å²) in [5.74, 6) is -0.847. The van der Waals surface area contributed by atoms with Gasteiger partial charge in [0.2, 0.25) is 0 Å². The first-order valence-corrected chi connectivity index (χ1v) is 8.25. The molecule has 0 saturated heterocycles. The Morgan fingerprint density at radius 3 is 2.35 bits per heavy atom. The zero-order chi connectivity index (χ0) is 18.5. The van der Waals surface area contributed by atoms with Crippen molar-refractivity contribution in [1.29, 1.82) is 0 Å². The molecule has 0 saturated carbocycles. The first-order chi connectivity index (χ1) is 12.6. The zero-order valence-electron chi connectivity index (χ0n) is 13.8. The number of esters is 1. The van der Waals surface area contributed by atoms with Crippen molar-refractivity contribution in [3.8, 4) is 11.3 Å². The number of carbonyl (C=O) groups is 1. The molecule has 1 aromatic heterocycles. The van der Waals surface area contributed by atoms with Crippen molar-refractivity contribution in [2.75, 3.05) is 5.73 Å². The Morgan fingerprint density at radius 1 is 1.08 bits per heavy atom. The molecule has 0 bridgehead atoms. The largest absolute Gasteiger partial charge is 0.459 e. The first-order valence-electron chi connectivity index (χ1n) is 7.87. The van der Waals surface area contributed by atoms with Gasteiger partial charge in [-0.15, -0.1) is 0 Å². The molecule has 7 heteroatoms. The summed E-state index contributed by atoms with van der Waals surface area (Å²) in [6.07, 6.45) is 0. The minimum atomic E-state index is -0.593. The number of ether oxygens (including phenoxy) is 1. The number of hydrogen-bond acceptors (Lipinski definition) is 5. The van der Waals surface area contributed by atoms with E-state index < -0.39 is 11.5 Å². The van der Waals surface area contributed by atoms with E-state index in [2.05, 4.69) is 4.98 Å². The van der Waals surface area contributed by atoms with Crippen molar-refractivity contribution in [1.82, 2.24) is 9.55 Å². The number of anilines is 1. The van der Waals surface area contributed by atoms with E-state index in [-0.39, 0.29) is 24.1 Å². The summed E-state index contributed by atoms with van der Waals surface area (Å²) in [4.78, 5) is 28.6. The number of carbonyl (C=O) groups excluding carboxylic acids is 1. The van der Waals surface area contributed by atoms with Gasteiger partial charge in [0.25, 0.3) is 5.56 Å². The van der Waals surface area contributed by atoms with Crippen molar-refractivity contribution >= 4 is 23.4 Å². The van der Waals surface area contributed by atoms with Gasteiger partial charge in [0.1, 0.15) is 13.2 Å².